The molecular weight excluding hydrogens is 811 g/mol. The molecule has 1 aromatic carbocycles. The number of aliphatic hydroxyl groups excluding tert-OH is 2. The second-order valence-corrected chi connectivity index (χ2v) is 18.8. The number of halogens is 1. The monoisotopic (exact) mass is 885 g/mol. The number of aliphatic hydroxyl groups is 4. The van der Waals surface area contributed by atoms with Crippen LogP contribution in [0.1, 0.15) is 100 Å². The smallest absolute Gasteiger partial charge is 0.407 e. The molecule has 354 valence electrons. The van der Waals surface area contributed by atoms with Crippen molar-refractivity contribution in [3.63, 3.8) is 0 Å². The highest BCUT2D eigenvalue weighted by molar-refractivity contribution is 5.83. The van der Waals surface area contributed by atoms with Crippen molar-refractivity contribution in [2.45, 2.75) is 186 Å². The molecule has 18 atom stereocenters. The SMILES string of the molecule is CC[C@H]1OC(=O)[C@H](C)[C@@H](O[C@H]2C[C@@](C)(OC)[C@H](OC(=O)NCc3ccc(F)cc3)[C@H](C)O2)[C@H](C)[C@@H](O[C@@H]2O[C@H](C)C[C@H](N(C)C)[C@@H]2O)[C@@](C)(O)C[C@@H](C)C(=O)[C@H](C)[C@H](O)[C@]1(C)O. The molecule has 0 radical (unpaired) electrons. The quantitative estimate of drug-likeness (QED) is 0.211. The summed E-state index contributed by atoms with van der Waals surface area (Å²) in [7, 11) is 5.12. The van der Waals surface area contributed by atoms with E-state index in [2.05, 4.69) is 5.32 Å². The van der Waals surface area contributed by atoms with Crippen LogP contribution in [0.3, 0.4) is 0 Å². The molecule has 0 aliphatic carbocycles. The highest BCUT2D eigenvalue weighted by Gasteiger charge is 2.54. The molecule has 62 heavy (non-hydrogen) atoms. The summed E-state index contributed by atoms with van der Waals surface area (Å²) in [5.74, 6) is -5.70. The van der Waals surface area contributed by atoms with E-state index in [4.69, 9.17) is 33.2 Å². The minimum atomic E-state index is -2.05. The molecule has 0 aromatic heterocycles. The third kappa shape index (κ3) is 11.9. The predicted molar refractivity (Wildman–Crippen MR) is 224 cm³/mol. The van der Waals surface area contributed by atoms with Gasteiger partial charge in [-0.15, -0.1) is 0 Å². The van der Waals surface area contributed by atoms with E-state index in [1.807, 2.05) is 25.9 Å². The van der Waals surface area contributed by atoms with E-state index < -0.39 is 119 Å². The number of esters is 1. The number of carbonyl (C=O) groups is 3. The van der Waals surface area contributed by atoms with Crippen molar-refractivity contribution >= 4 is 17.8 Å². The Balaban J connectivity index is 1.73. The molecule has 0 spiro atoms. The van der Waals surface area contributed by atoms with Crippen LogP contribution in [0.5, 0.6) is 0 Å². The van der Waals surface area contributed by atoms with Crippen molar-refractivity contribution in [3.8, 4) is 0 Å². The van der Waals surface area contributed by atoms with Crippen LogP contribution in [-0.4, -0.2) is 149 Å². The highest BCUT2D eigenvalue weighted by atomic mass is 19.1. The molecule has 3 aliphatic rings. The van der Waals surface area contributed by atoms with E-state index in [9.17, 15) is 39.2 Å². The number of hydrogen-bond acceptors (Lipinski definition) is 15. The fourth-order valence-electron chi connectivity index (χ4n) is 9.55. The molecule has 3 heterocycles. The minimum Gasteiger partial charge on any atom is -0.459 e. The van der Waals surface area contributed by atoms with Gasteiger partial charge in [-0.25, -0.2) is 9.18 Å². The Bertz CT molecular complexity index is 1650. The van der Waals surface area contributed by atoms with E-state index in [1.165, 1.54) is 40.0 Å². The van der Waals surface area contributed by atoms with Gasteiger partial charge in [0.25, 0.3) is 0 Å². The Labute approximate surface area is 366 Å². The number of amides is 1. The van der Waals surface area contributed by atoms with Gasteiger partial charge in [0.15, 0.2) is 18.7 Å². The van der Waals surface area contributed by atoms with Crippen molar-refractivity contribution in [1.29, 1.82) is 0 Å². The molecule has 3 aliphatic heterocycles. The number of likely N-dealkylation sites (N-methyl/N-ethyl adjacent to an activating group) is 1. The van der Waals surface area contributed by atoms with Gasteiger partial charge in [-0.05, 0) is 92.6 Å². The summed E-state index contributed by atoms with van der Waals surface area (Å²) in [4.78, 5) is 43.2. The first-order valence-electron chi connectivity index (χ1n) is 21.8. The van der Waals surface area contributed by atoms with Crippen molar-refractivity contribution in [3.05, 3.63) is 35.6 Å². The molecule has 1 amide bonds. The number of ketones is 1. The van der Waals surface area contributed by atoms with E-state index in [1.54, 1.807) is 53.7 Å². The number of ether oxygens (including phenoxy) is 7. The highest BCUT2D eigenvalue weighted by Crippen LogP contribution is 2.41. The average molecular weight is 885 g/mol. The van der Waals surface area contributed by atoms with E-state index in [0.29, 0.717) is 12.0 Å². The largest absolute Gasteiger partial charge is 0.459 e. The van der Waals surface area contributed by atoms with Gasteiger partial charge < -0.3 is 63.8 Å². The summed E-state index contributed by atoms with van der Waals surface area (Å²) < 4.78 is 57.2. The Hall–Kier alpha value is -2.84. The maximum atomic E-state index is 14.3. The lowest BCUT2D eigenvalue weighted by Crippen LogP contribution is -2.61. The summed E-state index contributed by atoms with van der Waals surface area (Å²) in [6.07, 6.45) is -11.3. The molecule has 4 rings (SSSR count). The Morgan fingerprint density at radius 3 is 2.15 bits per heavy atom. The molecular formula is C45H73FN2O14. The molecule has 3 fully saturated rings. The first-order valence-corrected chi connectivity index (χ1v) is 21.8. The number of rotatable bonds is 10. The molecule has 1 aromatic rings. The van der Waals surface area contributed by atoms with Crippen LogP contribution in [0.15, 0.2) is 24.3 Å². The van der Waals surface area contributed by atoms with Crippen molar-refractivity contribution in [2.75, 3.05) is 21.2 Å². The maximum Gasteiger partial charge on any atom is 0.407 e. The topological polar surface area (TPSA) is 212 Å². The number of nitrogens with one attached hydrogen (secondary N) is 1. The Morgan fingerprint density at radius 1 is 0.935 bits per heavy atom. The number of alkyl carbamates (subject to hydrolysis) is 1. The van der Waals surface area contributed by atoms with E-state index >= 15 is 0 Å². The second kappa shape index (κ2) is 21.0. The predicted octanol–water partition coefficient (Wildman–Crippen LogP) is 3.86. The zero-order valence-corrected chi connectivity index (χ0v) is 38.7. The number of benzene rings is 1. The third-order valence-corrected chi connectivity index (χ3v) is 13.4. The molecule has 5 N–H and O–H groups in total. The number of Topliss-reactive ketones (excluding diaryl/α,β-unsaturated/α-hetero) is 1. The minimum absolute atomic E-state index is 0.00888. The van der Waals surface area contributed by atoms with Gasteiger partial charge in [-0.2, -0.15) is 0 Å². The molecule has 0 unspecified atom stereocenters. The number of hydrogen-bond donors (Lipinski definition) is 5. The van der Waals surface area contributed by atoms with Crippen molar-refractivity contribution in [2.24, 2.45) is 23.7 Å². The number of nitrogens with zero attached hydrogens (tertiary/aromatic N) is 1. The van der Waals surface area contributed by atoms with Crippen LogP contribution in [-0.2, 0) is 49.3 Å². The standard InChI is InChI=1S/C45H73FN2O14/c1-14-32-45(10,55)37(51)25(4)34(49)23(2)20-43(8,54)38(61-41-35(50)31(48(11)12)19-24(3)57-41)26(5)36(27(6)40(52)59-32)60-33-21-44(9,56-13)39(28(7)58-33)62-42(53)47-22-29-15-17-30(46)18-16-29/h15-18,23-28,31-33,35-39,41,50-51,54-55H,14,19-22H2,1-13H3,(H,47,53)/t23-,24-,25+,26+,27-,28+,31+,32-,33+,35+,36+,37+,38-,39-,41+,43+,44-,45-/m1/s1. The van der Waals surface area contributed by atoms with Crippen LogP contribution in [0.4, 0.5) is 9.18 Å². The fourth-order valence-corrected chi connectivity index (χ4v) is 9.55. The van der Waals surface area contributed by atoms with Gasteiger partial charge in [0, 0.05) is 43.9 Å². The maximum absolute atomic E-state index is 14.3. The molecule has 17 heteroatoms. The molecule has 0 saturated carbocycles. The lowest BCUT2D eigenvalue weighted by molar-refractivity contribution is -0.317. The summed E-state index contributed by atoms with van der Waals surface area (Å²) in [5.41, 5.74) is -4.45. The van der Waals surface area contributed by atoms with E-state index in [-0.39, 0.29) is 38.0 Å². The Kier molecular flexibility index (Phi) is 17.5. The summed E-state index contributed by atoms with van der Waals surface area (Å²) in [6.45, 7) is 16.2. The normalized spacial score (nSPS) is 42.8. The zero-order valence-electron chi connectivity index (χ0n) is 38.7. The summed E-state index contributed by atoms with van der Waals surface area (Å²) >= 11 is 0. The lowest BCUT2D eigenvalue weighted by Gasteiger charge is -2.49. The second-order valence-electron chi connectivity index (χ2n) is 18.8. The lowest BCUT2D eigenvalue weighted by atomic mass is 9.74. The number of carbonyl (C=O) groups excluding carboxylic acids is 3. The van der Waals surface area contributed by atoms with Crippen LogP contribution in [0.25, 0.3) is 0 Å². The number of cyclic esters (lactones) is 1. The van der Waals surface area contributed by atoms with Gasteiger partial charge in [0.1, 0.15) is 35.0 Å². The van der Waals surface area contributed by atoms with Gasteiger partial charge in [0.05, 0.1) is 42.0 Å². The third-order valence-electron chi connectivity index (χ3n) is 13.4. The van der Waals surface area contributed by atoms with Crippen LogP contribution in [0, 0.1) is 29.5 Å². The summed E-state index contributed by atoms with van der Waals surface area (Å²) in [6, 6.07) is 5.29. The zero-order chi connectivity index (χ0) is 46.6. The van der Waals surface area contributed by atoms with Crippen molar-refractivity contribution in [1.82, 2.24) is 10.2 Å². The van der Waals surface area contributed by atoms with E-state index in [0.717, 1.165) is 0 Å². The van der Waals surface area contributed by atoms with Gasteiger partial charge in [-0.3, -0.25) is 9.59 Å². The van der Waals surface area contributed by atoms with Gasteiger partial charge in [-0.1, -0.05) is 39.8 Å². The summed E-state index contributed by atoms with van der Waals surface area (Å²) in [5, 5.41) is 50.0. The fraction of sp³-hybridized carbons (Fsp3) is 0.800. The van der Waals surface area contributed by atoms with Crippen LogP contribution >= 0.6 is 0 Å². The van der Waals surface area contributed by atoms with Gasteiger partial charge in [0.2, 0.25) is 0 Å². The van der Waals surface area contributed by atoms with Crippen molar-refractivity contribution < 1.29 is 72.4 Å². The van der Waals surface area contributed by atoms with Gasteiger partial charge >= 0.3 is 12.1 Å². The number of methoxy groups -OCH3 is 1. The average Bonchev–Trinajstić information content (AvgIpc) is 3.20. The van der Waals surface area contributed by atoms with Crippen LogP contribution < -0.4 is 5.32 Å². The molecule has 0 bridgehead atoms. The first-order chi connectivity index (χ1) is 28.8. The molecule has 3 saturated heterocycles. The Morgan fingerprint density at radius 2 is 1.56 bits per heavy atom. The molecule has 16 nitrogen and oxygen atoms in total. The van der Waals surface area contributed by atoms with Crippen LogP contribution in [0.2, 0.25) is 0 Å². The first kappa shape index (κ1) is 51.8.